The number of nitrogens with zero attached hydrogens (tertiary/aromatic N) is 1. The van der Waals surface area contributed by atoms with Gasteiger partial charge >= 0.3 is 0 Å². The lowest BCUT2D eigenvalue weighted by Crippen LogP contribution is -2.21. The first-order valence-electron chi connectivity index (χ1n) is 4.43. The number of benzene rings is 1. The van der Waals surface area contributed by atoms with Crippen LogP contribution in [0.2, 0.25) is 0 Å². The molecule has 0 unspecified atom stereocenters. The average Bonchev–Trinajstić information content (AvgIpc) is 2.61. The van der Waals surface area contributed by atoms with Crippen LogP contribution in [-0.4, -0.2) is 26.8 Å². The molecule has 4 nitrogen and oxygen atoms in total. The normalized spacial score (nSPS) is 12.5. The summed E-state index contributed by atoms with van der Waals surface area (Å²) in [5.74, 6) is 0. The van der Waals surface area contributed by atoms with Crippen molar-refractivity contribution in [1.29, 1.82) is 0 Å². The van der Waals surface area contributed by atoms with Gasteiger partial charge in [-0.1, -0.05) is 18.2 Å². The highest BCUT2D eigenvalue weighted by molar-refractivity contribution is 7.89. The maximum Gasteiger partial charge on any atom is 0.275 e. The van der Waals surface area contributed by atoms with E-state index in [0.29, 0.717) is 5.58 Å². The summed E-state index contributed by atoms with van der Waals surface area (Å²) >= 11 is 0. The maximum absolute atomic E-state index is 11.7. The van der Waals surface area contributed by atoms with Crippen LogP contribution in [0.4, 0.5) is 0 Å². The van der Waals surface area contributed by atoms with Gasteiger partial charge in [-0.15, -0.1) is 0 Å². The molecule has 15 heavy (non-hydrogen) atoms. The second-order valence-electron chi connectivity index (χ2n) is 3.39. The van der Waals surface area contributed by atoms with Gasteiger partial charge < -0.3 is 4.42 Å². The number of hydrogen-bond acceptors (Lipinski definition) is 3. The lowest BCUT2D eigenvalue weighted by molar-refractivity contribution is 0.448. The first-order chi connectivity index (χ1) is 7.01. The fourth-order valence-electron chi connectivity index (χ4n) is 1.26. The largest absolute Gasteiger partial charge is 0.443 e. The number of rotatable bonds is 2. The van der Waals surface area contributed by atoms with E-state index in [1.807, 2.05) is 12.1 Å². The van der Waals surface area contributed by atoms with Crippen LogP contribution < -0.4 is 0 Å². The fourth-order valence-corrected chi connectivity index (χ4v) is 2.10. The van der Waals surface area contributed by atoms with Crippen molar-refractivity contribution in [3.8, 4) is 0 Å². The van der Waals surface area contributed by atoms with Crippen molar-refractivity contribution >= 4 is 21.0 Å². The van der Waals surface area contributed by atoms with Crippen LogP contribution in [0.5, 0.6) is 0 Å². The molecule has 0 aliphatic heterocycles. The van der Waals surface area contributed by atoms with E-state index in [-0.39, 0.29) is 5.09 Å². The van der Waals surface area contributed by atoms with Gasteiger partial charge in [-0.3, -0.25) is 0 Å². The molecule has 0 aliphatic rings. The molecule has 0 bridgehead atoms. The van der Waals surface area contributed by atoms with E-state index < -0.39 is 10.0 Å². The first-order valence-corrected chi connectivity index (χ1v) is 5.87. The first kappa shape index (κ1) is 10.2. The van der Waals surface area contributed by atoms with E-state index >= 15 is 0 Å². The van der Waals surface area contributed by atoms with E-state index in [1.165, 1.54) is 20.2 Å². The minimum Gasteiger partial charge on any atom is -0.443 e. The molecular weight excluding hydrogens is 214 g/mol. The molecule has 0 fully saturated rings. The lowest BCUT2D eigenvalue weighted by Gasteiger charge is -2.07. The number of para-hydroxylation sites is 1. The van der Waals surface area contributed by atoms with Crippen LogP contribution in [0.3, 0.4) is 0 Å². The van der Waals surface area contributed by atoms with E-state index in [1.54, 1.807) is 12.1 Å². The fraction of sp³-hybridized carbons (Fsp3) is 0.200. The number of furan rings is 1. The molecular formula is C10H11NO3S. The van der Waals surface area contributed by atoms with Crippen molar-refractivity contribution in [2.24, 2.45) is 0 Å². The third kappa shape index (κ3) is 1.64. The topological polar surface area (TPSA) is 50.5 Å². The van der Waals surface area contributed by atoms with E-state index in [9.17, 15) is 8.42 Å². The monoisotopic (exact) mass is 225 g/mol. The van der Waals surface area contributed by atoms with Crippen LogP contribution in [0, 0.1) is 0 Å². The molecule has 1 aromatic heterocycles. The molecule has 2 rings (SSSR count). The zero-order valence-corrected chi connectivity index (χ0v) is 9.28. The molecule has 0 aliphatic carbocycles. The second-order valence-corrected chi connectivity index (χ2v) is 5.47. The van der Waals surface area contributed by atoms with Crippen molar-refractivity contribution < 1.29 is 12.8 Å². The highest BCUT2D eigenvalue weighted by Crippen LogP contribution is 2.23. The van der Waals surface area contributed by atoms with Crippen LogP contribution in [0.15, 0.2) is 39.8 Å². The Kier molecular flexibility index (Phi) is 2.28. The highest BCUT2D eigenvalue weighted by Gasteiger charge is 2.21. The SMILES string of the molecule is CN(C)S(=O)(=O)c1cc2ccccc2o1. The van der Waals surface area contributed by atoms with Crippen LogP contribution >= 0.6 is 0 Å². The standard InChI is InChI=1S/C10H11NO3S/c1-11(2)15(12,13)10-7-8-5-3-4-6-9(8)14-10/h3-7H,1-2H3. The Bertz CT molecular complexity index is 550. The summed E-state index contributed by atoms with van der Waals surface area (Å²) in [6.45, 7) is 0. The summed E-state index contributed by atoms with van der Waals surface area (Å²) in [5.41, 5.74) is 0.581. The predicted molar refractivity (Wildman–Crippen MR) is 57.1 cm³/mol. The molecule has 0 amide bonds. The van der Waals surface area contributed by atoms with Crippen molar-refractivity contribution in [1.82, 2.24) is 4.31 Å². The zero-order chi connectivity index (χ0) is 11.1. The Morgan fingerprint density at radius 1 is 1.20 bits per heavy atom. The number of hydrogen-bond donors (Lipinski definition) is 0. The van der Waals surface area contributed by atoms with Crippen molar-refractivity contribution in [2.45, 2.75) is 5.09 Å². The maximum atomic E-state index is 11.7. The molecule has 0 atom stereocenters. The third-order valence-corrected chi connectivity index (χ3v) is 3.81. The van der Waals surface area contributed by atoms with Gasteiger partial charge in [0.25, 0.3) is 10.0 Å². The van der Waals surface area contributed by atoms with Crippen molar-refractivity contribution in [2.75, 3.05) is 14.1 Å². The minimum absolute atomic E-state index is 0.0197. The van der Waals surface area contributed by atoms with E-state index in [0.717, 1.165) is 9.69 Å². The highest BCUT2D eigenvalue weighted by atomic mass is 32.2. The van der Waals surface area contributed by atoms with Gasteiger partial charge in [-0.05, 0) is 6.07 Å². The van der Waals surface area contributed by atoms with E-state index in [2.05, 4.69) is 0 Å². The summed E-state index contributed by atoms with van der Waals surface area (Å²) < 4.78 is 29.9. The Labute approximate surface area is 88.2 Å². The Balaban J connectivity index is 2.64. The van der Waals surface area contributed by atoms with Crippen LogP contribution in [0.25, 0.3) is 11.0 Å². The summed E-state index contributed by atoms with van der Waals surface area (Å²) in [6, 6.07) is 8.73. The summed E-state index contributed by atoms with van der Waals surface area (Å²) in [6.07, 6.45) is 0. The molecule has 5 heteroatoms. The minimum atomic E-state index is -3.47. The molecule has 0 radical (unpaired) electrons. The molecule has 0 saturated carbocycles. The van der Waals surface area contributed by atoms with Gasteiger partial charge in [0, 0.05) is 25.5 Å². The molecule has 80 valence electrons. The molecule has 2 aromatic rings. The summed E-state index contributed by atoms with van der Waals surface area (Å²) in [4.78, 5) is 0. The summed E-state index contributed by atoms with van der Waals surface area (Å²) in [5, 5.41) is 0.770. The molecule has 1 aromatic carbocycles. The Morgan fingerprint density at radius 2 is 1.87 bits per heavy atom. The predicted octanol–water partition coefficient (Wildman–Crippen LogP) is 1.68. The Morgan fingerprint density at radius 3 is 2.47 bits per heavy atom. The molecule has 0 saturated heterocycles. The number of sulfonamides is 1. The van der Waals surface area contributed by atoms with Gasteiger partial charge in [-0.2, -0.15) is 0 Å². The molecule has 1 heterocycles. The third-order valence-electron chi connectivity index (χ3n) is 2.14. The van der Waals surface area contributed by atoms with Gasteiger partial charge in [0.2, 0.25) is 5.09 Å². The van der Waals surface area contributed by atoms with Crippen molar-refractivity contribution in [3.05, 3.63) is 30.3 Å². The smallest absolute Gasteiger partial charge is 0.275 e. The van der Waals surface area contributed by atoms with Crippen molar-refractivity contribution in [3.63, 3.8) is 0 Å². The van der Waals surface area contributed by atoms with Gasteiger partial charge in [-0.25, -0.2) is 12.7 Å². The van der Waals surface area contributed by atoms with Crippen LogP contribution in [-0.2, 0) is 10.0 Å². The van der Waals surface area contributed by atoms with E-state index in [4.69, 9.17) is 4.42 Å². The number of fused-ring (bicyclic) bond motifs is 1. The average molecular weight is 225 g/mol. The molecule has 0 spiro atoms. The van der Waals surface area contributed by atoms with Gasteiger partial charge in [0.15, 0.2) is 0 Å². The quantitative estimate of drug-likeness (QED) is 0.781. The van der Waals surface area contributed by atoms with Gasteiger partial charge in [0.05, 0.1) is 0 Å². The zero-order valence-electron chi connectivity index (χ0n) is 8.47. The second kappa shape index (κ2) is 3.36. The Hall–Kier alpha value is -1.33. The van der Waals surface area contributed by atoms with Gasteiger partial charge in [0.1, 0.15) is 5.58 Å². The molecule has 0 N–H and O–H groups in total. The lowest BCUT2D eigenvalue weighted by atomic mass is 10.3. The van der Waals surface area contributed by atoms with Crippen LogP contribution in [0.1, 0.15) is 0 Å². The summed E-state index contributed by atoms with van der Waals surface area (Å²) in [7, 11) is -0.523.